The molecular formula is C13H17N3O2S. The fourth-order valence-corrected chi connectivity index (χ4v) is 4.00. The van der Waals surface area contributed by atoms with Gasteiger partial charge in [0.15, 0.2) is 0 Å². The Labute approximate surface area is 112 Å². The summed E-state index contributed by atoms with van der Waals surface area (Å²) in [6, 6.07) is 5.39. The minimum atomic E-state index is -3.45. The molecule has 0 aliphatic heterocycles. The molecule has 1 aromatic heterocycles. The van der Waals surface area contributed by atoms with Gasteiger partial charge in [0.05, 0.1) is 0 Å². The Morgan fingerprint density at radius 1 is 1.37 bits per heavy atom. The predicted octanol–water partition coefficient (Wildman–Crippen LogP) is 1.92. The first-order chi connectivity index (χ1) is 9.00. The third-order valence-corrected chi connectivity index (χ3v) is 5.86. The molecule has 1 aliphatic carbocycles. The number of hydrogen-bond acceptors (Lipinski definition) is 3. The van der Waals surface area contributed by atoms with E-state index in [1.165, 1.54) is 4.31 Å². The van der Waals surface area contributed by atoms with Crippen molar-refractivity contribution in [3.05, 3.63) is 24.4 Å². The van der Waals surface area contributed by atoms with Gasteiger partial charge in [-0.2, -0.15) is 4.31 Å². The predicted molar refractivity (Wildman–Crippen MR) is 75.3 cm³/mol. The van der Waals surface area contributed by atoms with Gasteiger partial charge in [0.1, 0.15) is 4.90 Å². The van der Waals surface area contributed by atoms with Crippen LogP contribution in [0.2, 0.25) is 0 Å². The number of benzene rings is 1. The number of aromatic amines is 1. The zero-order valence-electron chi connectivity index (χ0n) is 10.8. The minimum absolute atomic E-state index is 0.135. The second-order valence-electron chi connectivity index (χ2n) is 5.06. The molecule has 0 bridgehead atoms. The number of fused-ring (bicyclic) bond motifs is 1. The number of aromatic nitrogens is 1. The van der Waals surface area contributed by atoms with E-state index in [2.05, 4.69) is 4.98 Å². The van der Waals surface area contributed by atoms with E-state index >= 15 is 0 Å². The van der Waals surface area contributed by atoms with Gasteiger partial charge in [0.25, 0.3) is 0 Å². The van der Waals surface area contributed by atoms with E-state index in [-0.39, 0.29) is 6.04 Å². The summed E-state index contributed by atoms with van der Waals surface area (Å²) in [5.74, 6) is 0. The van der Waals surface area contributed by atoms with Gasteiger partial charge in [0.2, 0.25) is 10.0 Å². The number of hydrogen-bond donors (Lipinski definition) is 2. The smallest absolute Gasteiger partial charge is 0.245 e. The number of nitrogens with zero attached hydrogens (tertiary/aromatic N) is 1. The molecule has 1 saturated carbocycles. The topological polar surface area (TPSA) is 79.2 Å². The van der Waals surface area contributed by atoms with Gasteiger partial charge in [-0.1, -0.05) is 6.42 Å². The number of H-pyrrole nitrogens is 1. The Kier molecular flexibility index (Phi) is 2.79. The van der Waals surface area contributed by atoms with Gasteiger partial charge < -0.3 is 10.7 Å². The van der Waals surface area contributed by atoms with Crippen molar-refractivity contribution in [3.63, 3.8) is 0 Å². The highest BCUT2D eigenvalue weighted by Gasteiger charge is 2.33. The van der Waals surface area contributed by atoms with Crippen LogP contribution in [0.3, 0.4) is 0 Å². The summed E-state index contributed by atoms with van der Waals surface area (Å²) in [4.78, 5) is 3.30. The summed E-state index contributed by atoms with van der Waals surface area (Å²) in [5.41, 5.74) is 7.10. The third kappa shape index (κ3) is 1.91. The Balaban J connectivity index is 2.10. The second kappa shape index (κ2) is 4.25. The molecule has 0 unspecified atom stereocenters. The molecule has 3 rings (SSSR count). The van der Waals surface area contributed by atoms with E-state index in [9.17, 15) is 8.42 Å². The number of rotatable bonds is 3. The van der Waals surface area contributed by atoms with Crippen LogP contribution in [0.15, 0.2) is 29.3 Å². The molecule has 3 N–H and O–H groups in total. The maximum atomic E-state index is 12.6. The Morgan fingerprint density at radius 2 is 2.11 bits per heavy atom. The zero-order chi connectivity index (χ0) is 13.6. The van der Waals surface area contributed by atoms with Crippen molar-refractivity contribution in [2.45, 2.75) is 30.2 Å². The third-order valence-electron chi connectivity index (χ3n) is 3.91. The van der Waals surface area contributed by atoms with E-state index in [0.717, 1.165) is 24.8 Å². The van der Waals surface area contributed by atoms with Crippen molar-refractivity contribution in [2.75, 3.05) is 12.8 Å². The van der Waals surface area contributed by atoms with Crippen LogP contribution in [-0.4, -0.2) is 30.8 Å². The molecule has 102 valence electrons. The van der Waals surface area contributed by atoms with Gasteiger partial charge in [-0.25, -0.2) is 8.42 Å². The minimum Gasteiger partial charge on any atom is -0.399 e. The molecule has 19 heavy (non-hydrogen) atoms. The van der Waals surface area contributed by atoms with Crippen molar-refractivity contribution in [3.8, 4) is 0 Å². The van der Waals surface area contributed by atoms with Crippen LogP contribution in [0.5, 0.6) is 0 Å². The molecule has 5 nitrogen and oxygen atoms in total. The van der Waals surface area contributed by atoms with Crippen molar-refractivity contribution in [2.24, 2.45) is 0 Å². The molecule has 0 saturated heterocycles. The maximum absolute atomic E-state index is 12.6. The summed E-state index contributed by atoms with van der Waals surface area (Å²) in [6.07, 6.45) is 4.54. The number of nitrogen functional groups attached to an aromatic ring is 1. The van der Waals surface area contributed by atoms with Crippen molar-refractivity contribution >= 4 is 26.6 Å². The summed E-state index contributed by atoms with van der Waals surface area (Å²) in [7, 11) is -1.80. The summed E-state index contributed by atoms with van der Waals surface area (Å²) < 4.78 is 26.7. The molecule has 1 aliphatic rings. The lowest BCUT2D eigenvalue weighted by atomic mass is 9.94. The van der Waals surface area contributed by atoms with Crippen molar-refractivity contribution in [1.82, 2.24) is 9.29 Å². The molecule has 1 heterocycles. The number of sulfonamides is 1. The first-order valence-electron chi connectivity index (χ1n) is 6.35. The second-order valence-corrected chi connectivity index (χ2v) is 7.03. The standard InChI is InChI=1S/C13H17N3O2S/c1-16(10-3-2-4-10)19(17,18)13-8-15-12-6-5-9(14)7-11(12)13/h5-8,10,15H,2-4,14H2,1H3. The van der Waals surface area contributed by atoms with Gasteiger partial charge in [0, 0.05) is 35.9 Å². The zero-order valence-corrected chi connectivity index (χ0v) is 11.6. The number of nitrogens with one attached hydrogen (secondary N) is 1. The van der Waals surface area contributed by atoms with Crippen LogP contribution in [0, 0.1) is 0 Å². The Morgan fingerprint density at radius 3 is 2.74 bits per heavy atom. The summed E-state index contributed by atoms with van der Waals surface area (Å²) >= 11 is 0. The van der Waals surface area contributed by atoms with Gasteiger partial charge in [-0.05, 0) is 31.0 Å². The SMILES string of the molecule is CN(C1CCC1)S(=O)(=O)c1c[nH]c2ccc(N)cc12. The number of nitrogens with two attached hydrogens (primary N) is 1. The van der Waals surface area contributed by atoms with E-state index in [1.54, 1.807) is 31.4 Å². The van der Waals surface area contributed by atoms with Gasteiger partial charge in [-0.15, -0.1) is 0 Å². The highest BCUT2D eigenvalue weighted by Crippen LogP contribution is 2.32. The molecule has 0 radical (unpaired) electrons. The van der Waals surface area contributed by atoms with Crippen LogP contribution in [-0.2, 0) is 10.0 Å². The molecule has 0 amide bonds. The first kappa shape index (κ1) is 12.5. The lowest BCUT2D eigenvalue weighted by Crippen LogP contribution is -2.41. The average Bonchev–Trinajstić information content (AvgIpc) is 2.69. The molecule has 1 fully saturated rings. The van der Waals surface area contributed by atoms with Crippen molar-refractivity contribution in [1.29, 1.82) is 0 Å². The lowest BCUT2D eigenvalue weighted by Gasteiger charge is -2.33. The van der Waals surface area contributed by atoms with E-state index in [0.29, 0.717) is 16.0 Å². The molecule has 0 spiro atoms. The summed E-state index contributed by atoms with van der Waals surface area (Å²) in [5, 5.41) is 0.658. The van der Waals surface area contributed by atoms with E-state index in [4.69, 9.17) is 5.73 Å². The lowest BCUT2D eigenvalue weighted by molar-refractivity contribution is 0.250. The number of anilines is 1. The van der Waals surface area contributed by atoms with E-state index in [1.807, 2.05) is 0 Å². The van der Waals surface area contributed by atoms with Gasteiger partial charge in [-0.3, -0.25) is 0 Å². The molecule has 6 heteroatoms. The molecular weight excluding hydrogens is 262 g/mol. The van der Waals surface area contributed by atoms with Crippen LogP contribution in [0.4, 0.5) is 5.69 Å². The van der Waals surface area contributed by atoms with Crippen molar-refractivity contribution < 1.29 is 8.42 Å². The first-order valence-corrected chi connectivity index (χ1v) is 7.79. The average molecular weight is 279 g/mol. The van der Waals surface area contributed by atoms with Crippen LogP contribution >= 0.6 is 0 Å². The highest BCUT2D eigenvalue weighted by atomic mass is 32.2. The molecule has 0 atom stereocenters. The Hall–Kier alpha value is -1.53. The molecule has 1 aromatic carbocycles. The van der Waals surface area contributed by atoms with Crippen LogP contribution in [0.1, 0.15) is 19.3 Å². The normalized spacial score (nSPS) is 16.9. The summed E-state index contributed by atoms with van der Waals surface area (Å²) in [6.45, 7) is 0. The van der Waals surface area contributed by atoms with Crippen LogP contribution in [0.25, 0.3) is 10.9 Å². The van der Waals surface area contributed by atoms with E-state index < -0.39 is 10.0 Å². The fourth-order valence-electron chi connectivity index (χ4n) is 2.43. The highest BCUT2D eigenvalue weighted by molar-refractivity contribution is 7.89. The monoisotopic (exact) mass is 279 g/mol. The molecule has 2 aromatic rings. The fraction of sp³-hybridized carbons (Fsp3) is 0.385. The van der Waals surface area contributed by atoms with Gasteiger partial charge >= 0.3 is 0 Å². The van der Waals surface area contributed by atoms with Crippen LogP contribution < -0.4 is 5.73 Å². The Bertz CT molecular complexity index is 717. The quantitative estimate of drug-likeness (QED) is 0.842. The maximum Gasteiger partial charge on any atom is 0.245 e. The largest absolute Gasteiger partial charge is 0.399 e.